The molecule has 1 amide bonds. The van der Waals surface area contributed by atoms with Gasteiger partial charge in [-0.25, -0.2) is 8.91 Å². The number of nitriles is 1. The van der Waals surface area contributed by atoms with Crippen molar-refractivity contribution in [2.24, 2.45) is 0 Å². The Hall–Kier alpha value is -4.29. The first-order valence-corrected chi connectivity index (χ1v) is 10.6. The van der Waals surface area contributed by atoms with E-state index in [0.29, 0.717) is 11.3 Å². The summed E-state index contributed by atoms with van der Waals surface area (Å²) in [7, 11) is 0. The predicted molar refractivity (Wildman–Crippen MR) is 124 cm³/mol. The van der Waals surface area contributed by atoms with Crippen LogP contribution in [0.4, 0.5) is 4.39 Å². The first-order chi connectivity index (χ1) is 16.3. The molecule has 0 aliphatic carbocycles. The number of hydrogen-bond donors (Lipinski definition) is 3. The summed E-state index contributed by atoms with van der Waals surface area (Å²) in [6, 6.07) is 12.5. The van der Waals surface area contributed by atoms with Gasteiger partial charge >= 0.3 is 0 Å². The predicted octanol–water partition coefficient (Wildman–Crippen LogP) is 3.17. The van der Waals surface area contributed by atoms with Crippen LogP contribution in [-0.4, -0.2) is 32.2 Å². The van der Waals surface area contributed by atoms with Crippen molar-refractivity contribution in [1.82, 2.24) is 19.9 Å². The number of amides is 1. The molecule has 0 saturated carbocycles. The Morgan fingerprint density at radius 1 is 1.24 bits per heavy atom. The van der Waals surface area contributed by atoms with Crippen LogP contribution in [0.3, 0.4) is 0 Å². The molecular weight excluding hydrogens is 437 g/mol. The molecule has 0 unspecified atom stereocenters. The number of rotatable bonds is 6. The zero-order chi connectivity index (χ0) is 24.4. The fraction of sp³-hybridized carbons (Fsp3) is 0.200. The molecule has 0 bridgehead atoms. The third-order valence-electron chi connectivity index (χ3n) is 5.77. The van der Waals surface area contributed by atoms with Gasteiger partial charge in [-0.1, -0.05) is 24.3 Å². The molecule has 0 aliphatic rings. The van der Waals surface area contributed by atoms with E-state index in [1.165, 1.54) is 28.8 Å². The number of aromatic amines is 1. The number of aryl methyl sites for hydroxylation is 2. The van der Waals surface area contributed by atoms with Crippen LogP contribution < -0.4 is 10.9 Å². The first kappa shape index (κ1) is 22.9. The van der Waals surface area contributed by atoms with Crippen molar-refractivity contribution in [3.8, 4) is 17.3 Å². The minimum Gasteiger partial charge on any atom is -0.396 e. The Morgan fingerprint density at radius 2 is 1.97 bits per heavy atom. The lowest BCUT2D eigenvalue weighted by atomic mass is 10.0. The van der Waals surface area contributed by atoms with Crippen molar-refractivity contribution in [2.45, 2.75) is 26.3 Å². The summed E-state index contributed by atoms with van der Waals surface area (Å²) in [5, 5.41) is 26.1. The van der Waals surface area contributed by atoms with Crippen molar-refractivity contribution < 1.29 is 14.3 Å². The number of benzene rings is 2. The molecule has 0 saturated heterocycles. The van der Waals surface area contributed by atoms with Crippen LogP contribution in [0.2, 0.25) is 0 Å². The van der Waals surface area contributed by atoms with Gasteiger partial charge in [0.25, 0.3) is 11.5 Å². The number of fused-ring (bicyclic) bond motifs is 1. The van der Waals surface area contributed by atoms with Crippen molar-refractivity contribution >= 4 is 11.4 Å². The van der Waals surface area contributed by atoms with E-state index in [9.17, 15) is 24.3 Å². The van der Waals surface area contributed by atoms with E-state index in [1.807, 2.05) is 38.1 Å². The van der Waals surface area contributed by atoms with Gasteiger partial charge in [0.15, 0.2) is 5.69 Å². The van der Waals surface area contributed by atoms with Gasteiger partial charge < -0.3 is 15.4 Å². The van der Waals surface area contributed by atoms with Crippen molar-refractivity contribution in [1.29, 1.82) is 5.26 Å². The highest BCUT2D eigenvalue weighted by Crippen LogP contribution is 2.22. The van der Waals surface area contributed by atoms with Gasteiger partial charge in [0, 0.05) is 6.61 Å². The average molecular weight is 459 g/mol. The molecule has 0 fully saturated rings. The molecule has 1 atom stereocenters. The second-order valence-electron chi connectivity index (χ2n) is 8.01. The summed E-state index contributed by atoms with van der Waals surface area (Å²) >= 11 is 0. The number of carbonyl (C=O) groups is 1. The van der Waals surface area contributed by atoms with Crippen LogP contribution in [0.15, 0.2) is 53.5 Å². The molecule has 0 radical (unpaired) electrons. The highest BCUT2D eigenvalue weighted by molar-refractivity contribution is 5.97. The monoisotopic (exact) mass is 459 g/mol. The molecule has 0 spiro atoms. The van der Waals surface area contributed by atoms with Gasteiger partial charge in [-0.3, -0.25) is 9.59 Å². The quantitative estimate of drug-likeness (QED) is 0.409. The number of aliphatic hydroxyl groups excluding tert-OH is 1. The van der Waals surface area contributed by atoms with Crippen LogP contribution in [0.5, 0.6) is 0 Å². The Morgan fingerprint density at radius 3 is 2.62 bits per heavy atom. The number of hydrogen-bond acceptors (Lipinski definition) is 5. The fourth-order valence-electron chi connectivity index (χ4n) is 3.77. The fourth-order valence-corrected chi connectivity index (χ4v) is 3.77. The second kappa shape index (κ2) is 9.29. The molecule has 4 aromatic rings. The summed E-state index contributed by atoms with van der Waals surface area (Å²) in [6.07, 6.45) is 1.73. The zero-order valence-corrected chi connectivity index (χ0v) is 18.6. The van der Waals surface area contributed by atoms with E-state index >= 15 is 0 Å². The average Bonchev–Trinajstić information content (AvgIpc) is 3.20. The number of aromatic nitrogens is 3. The SMILES string of the molecule is Cc1ccc(-c2cn3nc(C(=O)N[C@@H](CCO)c4ccc(F)cc4)c(C#N)c3c(=O)[nH]2)cc1C. The molecule has 0 aliphatic heterocycles. The zero-order valence-electron chi connectivity index (χ0n) is 18.6. The summed E-state index contributed by atoms with van der Waals surface area (Å²) in [5.74, 6) is -1.11. The Balaban J connectivity index is 1.74. The molecule has 2 heterocycles. The van der Waals surface area contributed by atoms with Crippen LogP contribution in [-0.2, 0) is 0 Å². The first-order valence-electron chi connectivity index (χ1n) is 10.6. The normalized spacial score (nSPS) is 11.9. The number of carbonyl (C=O) groups excluding carboxylic acids is 1. The standard InChI is InChI=1S/C25H22FN5O3/c1-14-3-4-17(11-15(14)2)21-13-31-23(25(34)29-21)19(12-27)22(30-31)24(33)28-20(9-10-32)16-5-7-18(26)8-6-16/h3-8,11,13,20,32H,9-10H2,1-2H3,(H,28,33)(H,29,34)/t20-/m0/s1. The molecule has 4 rings (SSSR count). The minimum absolute atomic E-state index is 0.0410. The maximum absolute atomic E-state index is 13.3. The van der Waals surface area contributed by atoms with E-state index in [-0.39, 0.29) is 29.8 Å². The van der Waals surface area contributed by atoms with E-state index < -0.39 is 23.3 Å². The summed E-state index contributed by atoms with van der Waals surface area (Å²) in [4.78, 5) is 28.7. The largest absolute Gasteiger partial charge is 0.396 e. The molecule has 8 nitrogen and oxygen atoms in total. The van der Waals surface area contributed by atoms with Gasteiger partial charge in [0.1, 0.15) is 23.0 Å². The molecule has 3 N–H and O–H groups in total. The molecule has 9 heteroatoms. The number of nitrogens with zero attached hydrogens (tertiary/aromatic N) is 3. The summed E-state index contributed by atoms with van der Waals surface area (Å²) in [5.41, 5.74) is 3.03. The maximum Gasteiger partial charge on any atom is 0.275 e. The van der Waals surface area contributed by atoms with E-state index in [1.54, 1.807) is 6.20 Å². The third kappa shape index (κ3) is 4.31. The van der Waals surface area contributed by atoms with E-state index in [0.717, 1.165) is 16.7 Å². The Kier molecular flexibility index (Phi) is 6.25. The maximum atomic E-state index is 13.3. The highest BCUT2D eigenvalue weighted by atomic mass is 19.1. The van der Waals surface area contributed by atoms with Gasteiger partial charge in [-0.05, 0) is 60.7 Å². The topological polar surface area (TPSA) is 123 Å². The lowest BCUT2D eigenvalue weighted by Gasteiger charge is -2.17. The van der Waals surface area contributed by atoms with E-state index in [2.05, 4.69) is 15.4 Å². The lowest BCUT2D eigenvalue weighted by Crippen LogP contribution is -2.30. The van der Waals surface area contributed by atoms with Crippen LogP contribution >= 0.6 is 0 Å². The number of aliphatic hydroxyl groups is 1. The third-order valence-corrected chi connectivity index (χ3v) is 5.77. The Bertz CT molecular complexity index is 1480. The van der Waals surface area contributed by atoms with Gasteiger partial charge in [-0.2, -0.15) is 10.4 Å². The smallest absolute Gasteiger partial charge is 0.275 e. The molecule has 172 valence electrons. The van der Waals surface area contributed by atoms with Gasteiger partial charge in [0.2, 0.25) is 0 Å². The lowest BCUT2D eigenvalue weighted by molar-refractivity contribution is 0.0924. The molecule has 34 heavy (non-hydrogen) atoms. The molecular formula is C25H22FN5O3. The van der Waals surface area contributed by atoms with Crippen molar-refractivity contribution in [3.05, 3.63) is 92.8 Å². The van der Waals surface area contributed by atoms with E-state index in [4.69, 9.17) is 0 Å². The van der Waals surface area contributed by atoms with Crippen LogP contribution in [0.1, 0.15) is 45.2 Å². The Labute approximate surface area is 194 Å². The van der Waals surface area contributed by atoms with Crippen LogP contribution in [0, 0.1) is 31.0 Å². The minimum atomic E-state index is -0.685. The number of halogens is 1. The molecule has 2 aromatic carbocycles. The van der Waals surface area contributed by atoms with Crippen LogP contribution in [0.25, 0.3) is 16.8 Å². The van der Waals surface area contributed by atoms with Crippen molar-refractivity contribution in [3.63, 3.8) is 0 Å². The second-order valence-corrected chi connectivity index (χ2v) is 8.01. The van der Waals surface area contributed by atoms with Gasteiger partial charge in [-0.15, -0.1) is 0 Å². The van der Waals surface area contributed by atoms with Crippen molar-refractivity contribution in [2.75, 3.05) is 6.61 Å². The highest BCUT2D eigenvalue weighted by Gasteiger charge is 2.24. The molecule has 2 aromatic heterocycles. The number of H-pyrrole nitrogens is 1. The summed E-state index contributed by atoms with van der Waals surface area (Å²) in [6.45, 7) is 3.72. The van der Waals surface area contributed by atoms with Gasteiger partial charge in [0.05, 0.1) is 17.9 Å². The number of nitrogens with one attached hydrogen (secondary N) is 2. The summed E-state index contributed by atoms with van der Waals surface area (Å²) < 4.78 is 14.5.